The Morgan fingerprint density at radius 3 is 2.56 bits per heavy atom. The van der Waals surface area contributed by atoms with Crippen molar-refractivity contribution in [2.24, 2.45) is 0 Å². The third kappa shape index (κ3) is 3.47. The molecule has 0 saturated carbocycles. The molecule has 0 saturated heterocycles. The van der Waals surface area contributed by atoms with Crippen molar-refractivity contribution in [1.82, 2.24) is 20.4 Å². The second-order valence-electron chi connectivity index (χ2n) is 6.24. The first-order valence-corrected chi connectivity index (χ1v) is 8.30. The van der Waals surface area contributed by atoms with Crippen LogP contribution in [0, 0.1) is 13.8 Å². The predicted octanol–water partition coefficient (Wildman–Crippen LogP) is 3.66. The van der Waals surface area contributed by atoms with Crippen molar-refractivity contribution in [3.8, 4) is 11.3 Å². The summed E-state index contributed by atoms with van der Waals surface area (Å²) in [7, 11) is 0. The van der Waals surface area contributed by atoms with Crippen LogP contribution < -0.4 is 5.32 Å². The standard InChI is InChI=1S/C19H22N4O2/c1-11(17-12(2)23-25-14(17)4)19(24)21-13(3)18-20-10-16(22-18)15-8-6-5-7-9-15/h5-11,13H,1-4H3,(H,20,22)(H,21,24)/t11-,13+/m1/s1. The van der Waals surface area contributed by atoms with Gasteiger partial charge in [0.05, 0.1) is 29.5 Å². The van der Waals surface area contributed by atoms with E-state index in [4.69, 9.17) is 4.52 Å². The van der Waals surface area contributed by atoms with E-state index in [1.54, 1.807) is 6.20 Å². The molecular formula is C19H22N4O2. The molecule has 2 N–H and O–H groups in total. The Bertz CT molecular complexity index is 847. The molecule has 1 aromatic carbocycles. The summed E-state index contributed by atoms with van der Waals surface area (Å²) in [6, 6.07) is 9.73. The molecule has 3 aromatic rings. The molecule has 0 aliphatic rings. The molecule has 130 valence electrons. The van der Waals surface area contributed by atoms with Crippen molar-refractivity contribution in [3.05, 3.63) is 59.4 Å². The van der Waals surface area contributed by atoms with Crippen LogP contribution in [-0.4, -0.2) is 21.0 Å². The molecule has 0 aliphatic carbocycles. The van der Waals surface area contributed by atoms with Gasteiger partial charge in [-0.1, -0.05) is 35.5 Å². The highest BCUT2D eigenvalue weighted by Gasteiger charge is 2.24. The molecule has 3 rings (SSSR count). The van der Waals surface area contributed by atoms with Gasteiger partial charge in [-0.2, -0.15) is 0 Å². The molecular weight excluding hydrogens is 316 g/mol. The Morgan fingerprint density at radius 2 is 1.92 bits per heavy atom. The number of hydrogen-bond donors (Lipinski definition) is 2. The molecule has 2 aromatic heterocycles. The van der Waals surface area contributed by atoms with Gasteiger partial charge < -0.3 is 14.8 Å². The number of hydrogen-bond acceptors (Lipinski definition) is 4. The summed E-state index contributed by atoms with van der Waals surface area (Å²) in [5.74, 6) is 0.979. The zero-order valence-electron chi connectivity index (χ0n) is 14.8. The maximum atomic E-state index is 12.6. The average molecular weight is 338 g/mol. The monoisotopic (exact) mass is 338 g/mol. The van der Waals surface area contributed by atoms with E-state index < -0.39 is 0 Å². The number of imidazole rings is 1. The lowest BCUT2D eigenvalue weighted by Crippen LogP contribution is -2.31. The molecule has 2 heterocycles. The zero-order chi connectivity index (χ0) is 18.0. The quantitative estimate of drug-likeness (QED) is 0.743. The van der Waals surface area contributed by atoms with Crippen molar-refractivity contribution in [1.29, 1.82) is 0 Å². The Morgan fingerprint density at radius 1 is 1.20 bits per heavy atom. The predicted molar refractivity (Wildman–Crippen MR) is 95.0 cm³/mol. The number of benzene rings is 1. The van der Waals surface area contributed by atoms with Gasteiger partial charge in [0.15, 0.2) is 0 Å². The summed E-state index contributed by atoms with van der Waals surface area (Å²) in [4.78, 5) is 20.3. The largest absolute Gasteiger partial charge is 0.361 e. The normalized spacial score (nSPS) is 13.4. The summed E-state index contributed by atoms with van der Waals surface area (Å²) < 4.78 is 5.16. The van der Waals surface area contributed by atoms with Gasteiger partial charge in [0.2, 0.25) is 5.91 Å². The molecule has 2 atom stereocenters. The smallest absolute Gasteiger partial charge is 0.228 e. The van der Waals surface area contributed by atoms with E-state index >= 15 is 0 Å². The molecule has 0 bridgehead atoms. The summed E-state index contributed by atoms with van der Waals surface area (Å²) in [5.41, 5.74) is 3.57. The second-order valence-corrected chi connectivity index (χ2v) is 6.24. The van der Waals surface area contributed by atoms with Crippen LogP contribution in [0.25, 0.3) is 11.3 Å². The topological polar surface area (TPSA) is 83.8 Å². The molecule has 1 amide bonds. The van der Waals surface area contributed by atoms with Crippen molar-refractivity contribution >= 4 is 5.91 Å². The second kappa shape index (κ2) is 6.93. The fraction of sp³-hybridized carbons (Fsp3) is 0.316. The lowest BCUT2D eigenvalue weighted by Gasteiger charge is -2.16. The fourth-order valence-corrected chi connectivity index (χ4v) is 2.97. The van der Waals surface area contributed by atoms with E-state index in [0.717, 1.165) is 28.3 Å². The minimum atomic E-state index is -0.336. The van der Waals surface area contributed by atoms with Crippen molar-refractivity contribution in [2.45, 2.75) is 39.7 Å². The number of aromatic amines is 1. The van der Waals surface area contributed by atoms with Gasteiger partial charge in [-0.05, 0) is 33.3 Å². The van der Waals surface area contributed by atoms with Crippen LogP contribution in [0.4, 0.5) is 0 Å². The number of carbonyl (C=O) groups excluding carboxylic acids is 1. The van der Waals surface area contributed by atoms with E-state index in [1.807, 2.05) is 58.0 Å². The number of amides is 1. The van der Waals surface area contributed by atoms with Crippen LogP contribution in [0.2, 0.25) is 0 Å². The molecule has 0 aliphatic heterocycles. The summed E-state index contributed by atoms with van der Waals surface area (Å²) in [6.07, 6.45) is 1.78. The average Bonchev–Trinajstić information content (AvgIpc) is 3.22. The summed E-state index contributed by atoms with van der Waals surface area (Å²) >= 11 is 0. The number of H-pyrrole nitrogens is 1. The van der Waals surface area contributed by atoms with Crippen LogP contribution in [0.15, 0.2) is 41.1 Å². The minimum absolute atomic E-state index is 0.0837. The van der Waals surface area contributed by atoms with E-state index in [2.05, 4.69) is 20.4 Å². The van der Waals surface area contributed by atoms with Crippen LogP contribution >= 0.6 is 0 Å². The van der Waals surface area contributed by atoms with E-state index in [-0.39, 0.29) is 17.9 Å². The Labute approximate surface area is 146 Å². The van der Waals surface area contributed by atoms with Crippen LogP contribution in [0.3, 0.4) is 0 Å². The maximum Gasteiger partial charge on any atom is 0.228 e. The highest BCUT2D eigenvalue weighted by Crippen LogP contribution is 2.24. The Hall–Kier alpha value is -2.89. The van der Waals surface area contributed by atoms with Gasteiger partial charge in [-0.25, -0.2) is 4.98 Å². The number of carbonyl (C=O) groups is 1. The van der Waals surface area contributed by atoms with E-state index in [1.165, 1.54) is 0 Å². The maximum absolute atomic E-state index is 12.6. The highest BCUT2D eigenvalue weighted by molar-refractivity contribution is 5.84. The lowest BCUT2D eigenvalue weighted by atomic mass is 9.98. The number of rotatable bonds is 5. The lowest BCUT2D eigenvalue weighted by molar-refractivity contribution is -0.122. The van der Waals surface area contributed by atoms with Gasteiger partial charge in [0.25, 0.3) is 0 Å². The van der Waals surface area contributed by atoms with Gasteiger partial charge in [-0.15, -0.1) is 0 Å². The first-order valence-electron chi connectivity index (χ1n) is 8.30. The van der Waals surface area contributed by atoms with Gasteiger partial charge >= 0.3 is 0 Å². The molecule has 6 heteroatoms. The number of nitrogens with zero attached hydrogens (tertiary/aromatic N) is 2. The van der Waals surface area contributed by atoms with E-state index in [9.17, 15) is 4.79 Å². The fourth-order valence-electron chi connectivity index (χ4n) is 2.97. The molecule has 0 radical (unpaired) electrons. The number of aromatic nitrogens is 3. The van der Waals surface area contributed by atoms with Crippen LogP contribution in [-0.2, 0) is 4.79 Å². The molecule has 25 heavy (non-hydrogen) atoms. The molecule has 0 fully saturated rings. The first kappa shape index (κ1) is 17.0. The molecule has 0 spiro atoms. The molecule has 6 nitrogen and oxygen atoms in total. The Kier molecular flexibility index (Phi) is 4.70. The molecule has 0 unspecified atom stereocenters. The number of nitrogens with one attached hydrogen (secondary N) is 2. The summed E-state index contributed by atoms with van der Waals surface area (Å²) in [6.45, 7) is 7.43. The minimum Gasteiger partial charge on any atom is -0.361 e. The SMILES string of the molecule is Cc1noc(C)c1[C@@H](C)C(=O)N[C@@H](C)c1ncc(-c2ccccc2)[nH]1. The summed E-state index contributed by atoms with van der Waals surface area (Å²) in [5, 5.41) is 6.92. The highest BCUT2D eigenvalue weighted by atomic mass is 16.5. The van der Waals surface area contributed by atoms with Crippen molar-refractivity contribution in [3.63, 3.8) is 0 Å². The van der Waals surface area contributed by atoms with E-state index in [0.29, 0.717) is 5.76 Å². The zero-order valence-corrected chi connectivity index (χ0v) is 14.8. The number of aryl methyl sites for hydroxylation is 2. The van der Waals surface area contributed by atoms with Crippen molar-refractivity contribution in [2.75, 3.05) is 0 Å². The van der Waals surface area contributed by atoms with Crippen LogP contribution in [0.5, 0.6) is 0 Å². The Balaban J connectivity index is 1.71. The van der Waals surface area contributed by atoms with Crippen LogP contribution in [0.1, 0.15) is 48.6 Å². The van der Waals surface area contributed by atoms with Gasteiger partial charge in [0, 0.05) is 5.56 Å². The first-order chi connectivity index (χ1) is 12.0. The van der Waals surface area contributed by atoms with Gasteiger partial charge in [0.1, 0.15) is 11.6 Å². The van der Waals surface area contributed by atoms with Gasteiger partial charge in [-0.3, -0.25) is 4.79 Å². The third-order valence-corrected chi connectivity index (χ3v) is 4.36. The van der Waals surface area contributed by atoms with Crippen molar-refractivity contribution < 1.29 is 9.32 Å². The third-order valence-electron chi connectivity index (χ3n) is 4.36.